The Morgan fingerprint density at radius 2 is 1.79 bits per heavy atom. The summed E-state index contributed by atoms with van der Waals surface area (Å²) in [6.07, 6.45) is 0.735. The van der Waals surface area contributed by atoms with Crippen LogP contribution in [0.5, 0.6) is 0 Å². The van der Waals surface area contributed by atoms with Gasteiger partial charge in [0.1, 0.15) is 0 Å². The molecular weight excluding hydrogens is 343 g/mol. The summed E-state index contributed by atoms with van der Waals surface area (Å²) in [7, 11) is -4.01. The highest BCUT2D eigenvalue weighted by atomic mass is 32.1. The van der Waals surface area contributed by atoms with Gasteiger partial charge in [0.2, 0.25) is 0 Å². The SMILES string of the molecule is Cc1ccsc1CN(CCCN)Cc1ccc(CP(=O)(O)O)cc1. The zero-order valence-electron chi connectivity index (χ0n) is 13.9. The van der Waals surface area contributed by atoms with E-state index in [0.29, 0.717) is 12.1 Å². The average molecular weight is 368 g/mol. The molecule has 132 valence electrons. The van der Waals surface area contributed by atoms with Gasteiger partial charge < -0.3 is 15.5 Å². The highest BCUT2D eigenvalue weighted by Gasteiger charge is 2.14. The molecule has 2 aromatic rings. The predicted octanol–water partition coefficient (Wildman–Crippen LogP) is 3.09. The first kappa shape index (κ1) is 19.3. The Kier molecular flexibility index (Phi) is 7.16. The number of rotatable bonds is 9. The minimum Gasteiger partial charge on any atom is -0.330 e. The summed E-state index contributed by atoms with van der Waals surface area (Å²) in [6.45, 7) is 5.42. The molecule has 0 aliphatic rings. The minimum absolute atomic E-state index is 0.210. The Morgan fingerprint density at radius 1 is 1.12 bits per heavy atom. The molecular formula is C17H25N2O3PS. The van der Waals surface area contributed by atoms with Gasteiger partial charge >= 0.3 is 7.60 Å². The van der Waals surface area contributed by atoms with Crippen molar-refractivity contribution >= 4 is 18.9 Å². The van der Waals surface area contributed by atoms with Crippen molar-refractivity contribution in [3.05, 3.63) is 57.3 Å². The molecule has 0 aliphatic heterocycles. The van der Waals surface area contributed by atoms with Crippen LogP contribution in [0.1, 0.15) is 28.0 Å². The van der Waals surface area contributed by atoms with E-state index in [4.69, 9.17) is 15.5 Å². The predicted molar refractivity (Wildman–Crippen MR) is 99.0 cm³/mol. The summed E-state index contributed by atoms with van der Waals surface area (Å²) >= 11 is 1.77. The lowest BCUT2D eigenvalue weighted by Gasteiger charge is -2.22. The number of thiophene rings is 1. The van der Waals surface area contributed by atoms with Crippen molar-refractivity contribution in [3.8, 4) is 0 Å². The van der Waals surface area contributed by atoms with E-state index in [0.717, 1.165) is 31.6 Å². The van der Waals surface area contributed by atoms with Crippen molar-refractivity contribution in [3.63, 3.8) is 0 Å². The van der Waals surface area contributed by atoms with Gasteiger partial charge in [-0.2, -0.15) is 0 Å². The van der Waals surface area contributed by atoms with Gasteiger partial charge in [-0.25, -0.2) is 0 Å². The lowest BCUT2D eigenvalue weighted by Crippen LogP contribution is -2.25. The second-order valence-electron chi connectivity index (χ2n) is 6.02. The molecule has 0 spiro atoms. The van der Waals surface area contributed by atoms with Crippen molar-refractivity contribution < 1.29 is 14.4 Å². The Morgan fingerprint density at radius 3 is 2.33 bits per heavy atom. The molecule has 2 rings (SSSR count). The van der Waals surface area contributed by atoms with Gasteiger partial charge in [-0.05, 0) is 48.0 Å². The second kappa shape index (κ2) is 8.90. The molecule has 0 fully saturated rings. The first-order valence-corrected chi connectivity index (χ1v) is 10.6. The van der Waals surface area contributed by atoms with Crippen LogP contribution in [-0.4, -0.2) is 27.8 Å². The van der Waals surface area contributed by atoms with Crippen LogP contribution >= 0.6 is 18.9 Å². The fourth-order valence-corrected chi connectivity index (χ4v) is 4.18. The van der Waals surface area contributed by atoms with E-state index in [1.807, 2.05) is 12.1 Å². The molecule has 0 atom stereocenters. The molecule has 0 unspecified atom stereocenters. The first-order chi connectivity index (χ1) is 11.4. The van der Waals surface area contributed by atoms with Crippen LogP contribution in [0, 0.1) is 6.92 Å². The standard InChI is InChI=1S/C17H25N2O3PS/c1-14-7-10-24-17(14)12-19(9-2-8-18)11-15-3-5-16(6-4-15)13-23(20,21)22/h3-7,10H,2,8-9,11-13,18H2,1H3,(H2,20,21,22). The largest absolute Gasteiger partial charge is 0.330 e. The van der Waals surface area contributed by atoms with E-state index in [1.54, 1.807) is 23.5 Å². The number of nitrogens with two attached hydrogens (primary N) is 1. The van der Waals surface area contributed by atoms with Crippen molar-refractivity contribution in [1.82, 2.24) is 4.90 Å². The maximum absolute atomic E-state index is 11.1. The Labute approximate surface area is 147 Å². The summed E-state index contributed by atoms with van der Waals surface area (Å²) in [5, 5.41) is 2.11. The third-order valence-corrected chi connectivity index (χ3v) is 5.62. The smallest absolute Gasteiger partial charge is 0.329 e. The fourth-order valence-electron chi connectivity index (χ4n) is 2.54. The molecule has 0 saturated heterocycles. The minimum atomic E-state index is -4.01. The van der Waals surface area contributed by atoms with Gasteiger partial charge in [0.25, 0.3) is 0 Å². The molecule has 7 heteroatoms. The zero-order chi connectivity index (χ0) is 17.6. The maximum atomic E-state index is 11.1. The van der Waals surface area contributed by atoms with E-state index in [1.165, 1.54) is 10.4 Å². The molecule has 0 saturated carbocycles. The molecule has 4 N–H and O–H groups in total. The van der Waals surface area contributed by atoms with E-state index >= 15 is 0 Å². The summed E-state index contributed by atoms with van der Waals surface area (Å²) in [4.78, 5) is 21.8. The van der Waals surface area contributed by atoms with Crippen LogP contribution in [0.25, 0.3) is 0 Å². The highest BCUT2D eigenvalue weighted by Crippen LogP contribution is 2.38. The molecule has 0 radical (unpaired) electrons. The topological polar surface area (TPSA) is 86.8 Å². The molecule has 0 bridgehead atoms. The number of hydrogen-bond acceptors (Lipinski definition) is 4. The number of nitrogens with zero attached hydrogens (tertiary/aromatic N) is 1. The van der Waals surface area contributed by atoms with Gasteiger partial charge in [-0.3, -0.25) is 9.46 Å². The van der Waals surface area contributed by atoms with E-state index in [-0.39, 0.29) is 6.16 Å². The van der Waals surface area contributed by atoms with Gasteiger partial charge in [0.15, 0.2) is 0 Å². The van der Waals surface area contributed by atoms with Gasteiger partial charge in [0.05, 0.1) is 6.16 Å². The molecule has 0 amide bonds. The summed E-state index contributed by atoms with van der Waals surface area (Å²) in [5.41, 5.74) is 8.77. The van der Waals surface area contributed by atoms with Crippen LogP contribution in [0.15, 0.2) is 35.7 Å². The van der Waals surface area contributed by atoms with Crippen molar-refractivity contribution in [2.24, 2.45) is 5.73 Å². The van der Waals surface area contributed by atoms with Crippen LogP contribution < -0.4 is 5.73 Å². The van der Waals surface area contributed by atoms with Crippen LogP contribution in [0.2, 0.25) is 0 Å². The second-order valence-corrected chi connectivity index (χ2v) is 8.67. The third kappa shape index (κ3) is 6.48. The Bertz CT molecular complexity index is 681. The van der Waals surface area contributed by atoms with Gasteiger partial charge in [-0.15, -0.1) is 11.3 Å². The first-order valence-electron chi connectivity index (χ1n) is 7.95. The summed E-state index contributed by atoms with van der Waals surface area (Å²) in [6, 6.07) is 9.62. The van der Waals surface area contributed by atoms with Crippen LogP contribution in [0.3, 0.4) is 0 Å². The van der Waals surface area contributed by atoms with Crippen LogP contribution in [-0.2, 0) is 23.8 Å². The van der Waals surface area contributed by atoms with E-state index < -0.39 is 7.60 Å². The molecule has 0 aliphatic carbocycles. The summed E-state index contributed by atoms with van der Waals surface area (Å²) in [5.74, 6) is 0. The Balaban J connectivity index is 2.02. The third-order valence-electron chi connectivity index (χ3n) is 3.83. The molecule has 24 heavy (non-hydrogen) atoms. The number of aryl methyl sites for hydroxylation is 1. The quantitative estimate of drug-likeness (QED) is 0.592. The molecule has 1 aromatic heterocycles. The lowest BCUT2D eigenvalue weighted by molar-refractivity contribution is 0.257. The van der Waals surface area contributed by atoms with Crippen molar-refractivity contribution in [2.45, 2.75) is 32.6 Å². The Hall–Kier alpha value is -1.01. The molecule has 1 aromatic carbocycles. The zero-order valence-corrected chi connectivity index (χ0v) is 15.6. The van der Waals surface area contributed by atoms with Crippen molar-refractivity contribution in [1.29, 1.82) is 0 Å². The fraction of sp³-hybridized carbons (Fsp3) is 0.412. The normalized spacial score (nSPS) is 12.0. The van der Waals surface area contributed by atoms with E-state index in [9.17, 15) is 4.57 Å². The maximum Gasteiger partial charge on any atom is 0.329 e. The molecule has 5 nitrogen and oxygen atoms in total. The highest BCUT2D eigenvalue weighted by molar-refractivity contribution is 7.50. The number of hydrogen-bond donors (Lipinski definition) is 3. The lowest BCUT2D eigenvalue weighted by atomic mass is 10.1. The average Bonchev–Trinajstić information content (AvgIpc) is 2.90. The van der Waals surface area contributed by atoms with Crippen LogP contribution in [0.4, 0.5) is 0 Å². The van der Waals surface area contributed by atoms with Crippen molar-refractivity contribution in [2.75, 3.05) is 13.1 Å². The number of benzene rings is 1. The van der Waals surface area contributed by atoms with E-state index in [2.05, 4.69) is 23.3 Å². The monoisotopic (exact) mass is 368 g/mol. The molecule has 1 heterocycles. The van der Waals surface area contributed by atoms with Gasteiger partial charge in [-0.1, -0.05) is 24.3 Å². The summed E-state index contributed by atoms with van der Waals surface area (Å²) < 4.78 is 11.1. The van der Waals surface area contributed by atoms with Gasteiger partial charge in [0, 0.05) is 24.5 Å².